The average Bonchev–Trinajstić information content (AvgIpc) is 3.16. The van der Waals surface area contributed by atoms with Gasteiger partial charge >= 0.3 is 0 Å². The molecule has 1 atom stereocenters. The van der Waals surface area contributed by atoms with Gasteiger partial charge in [0, 0.05) is 32.7 Å². The molecule has 1 unspecified atom stereocenters. The highest BCUT2D eigenvalue weighted by molar-refractivity contribution is 14.0. The number of methoxy groups -OCH3 is 2. The van der Waals surface area contributed by atoms with E-state index in [2.05, 4.69) is 34.7 Å². The SMILES string of the molecule is COCC(C)NC(=NCCc1ccco1)NCCc1ccc(OC)cc1.I. The largest absolute Gasteiger partial charge is 0.497 e. The molecule has 0 radical (unpaired) electrons. The molecule has 7 heteroatoms. The van der Waals surface area contributed by atoms with Crippen LogP contribution in [0.3, 0.4) is 0 Å². The first kappa shape index (κ1) is 23.3. The molecule has 2 N–H and O–H groups in total. The molecule has 1 aromatic heterocycles. The highest BCUT2D eigenvalue weighted by Crippen LogP contribution is 2.11. The van der Waals surface area contributed by atoms with E-state index < -0.39 is 0 Å². The summed E-state index contributed by atoms with van der Waals surface area (Å²) in [5.74, 6) is 2.60. The number of furan rings is 1. The number of aliphatic imine (C=N–C) groups is 1. The molecule has 1 heterocycles. The number of rotatable bonds is 10. The lowest BCUT2D eigenvalue weighted by molar-refractivity contribution is 0.179. The monoisotopic (exact) mass is 487 g/mol. The molecule has 0 aliphatic carbocycles. The maximum atomic E-state index is 5.35. The first-order valence-electron chi connectivity index (χ1n) is 8.90. The summed E-state index contributed by atoms with van der Waals surface area (Å²) in [6.45, 7) is 4.14. The second-order valence-corrected chi connectivity index (χ2v) is 6.09. The first-order chi connectivity index (χ1) is 12.7. The number of halogens is 1. The third kappa shape index (κ3) is 9.14. The molecule has 0 fully saturated rings. The number of benzene rings is 1. The summed E-state index contributed by atoms with van der Waals surface area (Å²) < 4.78 is 15.7. The second kappa shape index (κ2) is 13.4. The zero-order valence-electron chi connectivity index (χ0n) is 16.2. The Labute approximate surface area is 178 Å². The van der Waals surface area contributed by atoms with E-state index in [0.717, 1.165) is 36.9 Å². The summed E-state index contributed by atoms with van der Waals surface area (Å²) in [6, 6.07) is 12.2. The minimum absolute atomic E-state index is 0. The lowest BCUT2D eigenvalue weighted by Gasteiger charge is -2.17. The molecule has 6 nitrogen and oxygen atoms in total. The van der Waals surface area contributed by atoms with Crippen molar-refractivity contribution in [3.8, 4) is 5.75 Å². The predicted octanol–water partition coefficient (Wildman–Crippen LogP) is 3.26. The van der Waals surface area contributed by atoms with Gasteiger partial charge in [-0.05, 0) is 43.2 Å². The van der Waals surface area contributed by atoms with Crippen molar-refractivity contribution in [3.63, 3.8) is 0 Å². The number of hydrogen-bond acceptors (Lipinski definition) is 4. The van der Waals surface area contributed by atoms with Gasteiger partial charge in [-0.1, -0.05) is 12.1 Å². The van der Waals surface area contributed by atoms with E-state index in [1.165, 1.54) is 5.56 Å². The summed E-state index contributed by atoms with van der Waals surface area (Å²) >= 11 is 0. The molecule has 150 valence electrons. The highest BCUT2D eigenvalue weighted by Gasteiger charge is 2.05. The normalized spacial score (nSPS) is 12.2. The van der Waals surface area contributed by atoms with Crippen LogP contribution in [0.15, 0.2) is 52.1 Å². The second-order valence-electron chi connectivity index (χ2n) is 6.09. The van der Waals surface area contributed by atoms with Crippen molar-refractivity contribution in [2.24, 2.45) is 4.99 Å². The van der Waals surface area contributed by atoms with E-state index in [4.69, 9.17) is 13.9 Å². The third-order valence-corrected chi connectivity index (χ3v) is 3.87. The van der Waals surface area contributed by atoms with Crippen molar-refractivity contribution in [1.29, 1.82) is 0 Å². The number of ether oxygens (including phenoxy) is 2. The lowest BCUT2D eigenvalue weighted by Crippen LogP contribution is -2.44. The Morgan fingerprint density at radius 1 is 1.15 bits per heavy atom. The van der Waals surface area contributed by atoms with Gasteiger partial charge in [-0.2, -0.15) is 0 Å². The van der Waals surface area contributed by atoms with Crippen molar-refractivity contribution in [2.75, 3.05) is 33.9 Å². The first-order valence-corrected chi connectivity index (χ1v) is 8.90. The minimum atomic E-state index is 0. The smallest absolute Gasteiger partial charge is 0.191 e. The topological polar surface area (TPSA) is 68.0 Å². The van der Waals surface area contributed by atoms with Gasteiger partial charge in [0.15, 0.2) is 5.96 Å². The molecule has 2 aromatic rings. The number of hydrogen-bond donors (Lipinski definition) is 2. The summed E-state index contributed by atoms with van der Waals surface area (Å²) in [6.07, 6.45) is 3.37. The van der Waals surface area contributed by atoms with Crippen LogP contribution in [0.4, 0.5) is 0 Å². The zero-order chi connectivity index (χ0) is 18.6. The van der Waals surface area contributed by atoms with Crippen molar-refractivity contribution in [3.05, 3.63) is 54.0 Å². The molecule has 0 spiro atoms. The molecule has 0 saturated carbocycles. The predicted molar refractivity (Wildman–Crippen MR) is 119 cm³/mol. The van der Waals surface area contributed by atoms with Crippen LogP contribution in [0.2, 0.25) is 0 Å². The minimum Gasteiger partial charge on any atom is -0.497 e. The van der Waals surface area contributed by atoms with Gasteiger partial charge in [0.05, 0.1) is 20.0 Å². The molecular weight excluding hydrogens is 457 g/mol. The summed E-state index contributed by atoms with van der Waals surface area (Å²) in [7, 11) is 3.37. The van der Waals surface area contributed by atoms with Crippen LogP contribution >= 0.6 is 24.0 Å². The van der Waals surface area contributed by atoms with Crippen LogP contribution in [-0.4, -0.2) is 45.9 Å². The van der Waals surface area contributed by atoms with E-state index in [9.17, 15) is 0 Å². The van der Waals surface area contributed by atoms with Crippen molar-refractivity contribution < 1.29 is 13.9 Å². The van der Waals surface area contributed by atoms with E-state index in [1.807, 2.05) is 24.3 Å². The van der Waals surface area contributed by atoms with Crippen LogP contribution in [0.25, 0.3) is 0 Å². The Bertz CT molecular complexity index is 645. The molecule has 0 saturated heterocycles. The van der Waals surface area contributed by atoms with Crippen LogP contribution in [0.5, 0.6) is 5.75 Å². The average molecular weight is 487 g/mol. The van der Waals surface area contributed by atoms with Gasteiger partial charge in [0.2, 0.25) is 0 Å². The van der Waals surface area contributed by atoms with Crippen LogP contribution in [-0.2, 0) is 17.6 Å². The van der Waals surface area contributed by atoms with Gasteiger partial charge in [-0.25, -0.2) is 0 Å². The van der Waals surface area contributed by atoms with Crippen LogP contribution < -0.4 is 15.4 Å². The molecule has 0 aliphatic heterocycles. The summed E-state index contributed by atoms with van der Waals surface area (Å²) in [5, 5.41) is 6.75. The maximum absolute atomic E-state index is 5.35. The third-order valence-electron chi connectivity index (χ3n) is 3.87. The molecular formula is C20H30IN3O3. The van der Waals surface area contributed by atoms with Crippen molar-refractivity contribution in [2.45, 2.75) is 25.8 Å². The molecule has 0 amide bonds. The molecule has 0 aliphatic rings. The number of nitrogens with zero attached hydrogens (tertiary/aromatic N) is 1. The van der Waals surface area contributed by atoms with E-state index in [-0.39, 0.29) is 30.0 Å². The Hall–Kier alpha value is -1.74. The fraction of sp³-hybridized carbons (Fsp3) is 0.450. The van der Waals surface area contributed by atoms with Crippen molar-refractivity contribution >= 4 is 29.9 Å². The van der Waals surface area contributed by atoms with E-state index in [0.29, 0.717) is 13.2 Å². The lowest BCUT2D eigenvalue weighted by atomic mass is 10.1. The fourth-order valence-corrected chi connectivity index (χ4v) is 2.53. The van der Waals surface area contributed by atoms with Crippen molar-refractivity contribution in [1.82, 2.24) is 10.6 Å². The van der Waals surface area contributed by atoms with Crippen LogP contribution in [0.1, 0.15) is 18.2 Å². The quantitative estimate of drug-likeness (QED) is 0.306. The fourth-order valence-electron chi connectivity index (χ4n) is 2.53. The number of guanidine groups is 1. The Morgan fingerprint density at radius 3 is 2.56 bits per heavy atom. The Morgan fingerprint density at radius 2 is 1.93 bits per heavy atom. The van der Waals surface area contributed by atoms with E-state index >= 15 is 0 Å². The molecule has 1 aromatic carbocycles. The molecule has 0 bridgehead atoms. The Balaban J connectivity index is 0.00000364. The summed E-state index contributed by atoms with van der Waals surface area (Å²) in [4.78, 5) is 4.64. The molecule has 2 rings (SSSR count). The molecule has 27 heavy (non-hydrogen) atoms. The maximum Gasteiger partial charge on any atom is 0.191 e. The summed E-state index contributed by atoms with van der Waals surface area (Å²) in [5.41, 5.74) is 1.25. The van der Waals surface area contributed by atoms with Gasteiger partial charge in [-0.15, -0.1) is 24.0 Å². The van der Waals surface area contributed by atoms with Gasteiger partial charge in [0.1, 0.15) is 11.5 Å². The van der Waals surface area contributed by atoms with Gasteiger partial charge < -0.3 is 24.5 Å². The standard InChI is InChI=1S/C20H29N3O3.HI/c1-16(15-24-2)23-20(22-13-11-19-5-4-14-26-19)21-12-10-17-6-8-18(25-3)9-7-17;/h4-9,14,16H,10-13,15H2,1-3H3,(H2,21,22,23);1H. The number of nitrogens with one attached hydrogen (secondary N) is 2. The zero-order valence-corrected chi connectivity index (χ0v) is 18.6. The van der Waals surface area contributed by atoms with Crippen LogP contribution in [0, 0.1) is 0 Å². The van der Waals surface area contributed by atoms with Gasteiger partial charge in [-0.3, -0.25) is 4.99 Å². The highest BCUT2D eigenvalue weighted by atomic mass is 127. The van der Waals surface area contributed by atoms with Gasteiger partial charge in [0.25, 0.3) is 0 Å². The van der Waals surface area contributed by atoms with E-state index in [1.54, 1.807) is 20.5 Å². The Kier molecular flexibility index (Phi) is 11.6.